The lowest BCUT2D eigenvalue weighted by molar-refractivity contribution is 0.646. The number of thioether (sulfide) groups is 1. The van der Waals surface area contributed by atoms with Crippen molar-refractivity contribution in [2.75, 3.05) is 5.32 Å². The first-order valence-corrected chi connectivity index (χ1v) is 8.91. The Bertz CT molecular complexity index is 582. The van der Waals surface area contributed by atoms with E-state index in [4.69, 9.17) is 12.2 Å². The van der Waals surface area contributed by atoms with E-state index in [9.17, 15) is 0 Å². The van der Waals surface area contributed by atoms with Gasteiger partial charge in [-0.2, -0.15) is 0 Å². The normalized spacial score (nSPS) is 11.7. The maximum absolute atomic E-state index is 5.30. The molecule has 116 valence electrons. The summed E-state index contributed by atoms with van der Waals surface area (Å²) < 4.78 is 0. The fraction of sp³-hybridized carbons (Fsp3) is 0.278. The Morgan fingerprint density at radius 3 is 2.41 bits per heavy atom. The highest BCUT2D eigenvalue weighted by Gasteiger charge is 2.02. The molecule has 0 aliphatic heterocycles. The molecular weight excluding hydrogens is 308 g/mol. The van der Waals surface area contributed by atoms with E-state index in [2.05, 4.69) is 73.0 Å². The predicted octanol–water partition coefficient (Wildman–Crippen LogP) is 5.06. The van der Waals surface area contributed by atoms with Gasteiger partial charge in [0.25, 0.3) is 0 Å². The van der Waals surface area contributed by atoms with Crippen LogP contribution < -0.4 is 10.6 Å². The van der Waals surface area contributed by atoms with Crippen molar-refractivity contribution >= 4 is 34.8 Å². The van der Waals surface area contributed by atoms with Gasteiger partial charge in [-0.25, -0.2) is 0 Å². The van der Waals surface area contributed by atoms with Crippen molar-refractivity contribution in [3.63, 3.8) is 0 Å². The third-order valence-corrected chi connectivity index (χ3v) is 4.65. The average Bonchev–Trinajstić information content (AvgIpc) is 2.55. The highest BCUT2D eigenvalue weighted by molar-refractivity contribution is 7.98. The number of rotatable bonds is 6. The molecule has 0 radical (unpaired) electrons. The number of benzene rings is 2. The molecule has 2 rings (SSSR count). The molecule has 0 fully saturated rings. The summed E-state index contributed by atoms with van der Waals surface area (Å²) in [5.41, 5.74) is 2.33. The number of hydrogen-bond donors (Lipinski definition) is 2. The Hall–Kier alpha value is -1.52. The predicted molar refractivity (Wildman–Crippen MR) is 102 cm³/mol. The maximum Gasteiger partial charge on any atom is 0.170 e. The topological polar surface area (TPSA) is 24.1 Å². The summed E-state index contributed by atoms with van der Waals surface area (Å²) in [6.07, 6.45) is 1.05. The van der Waals surface area contributed by atoms with Crippen LogP contribution >= 0.6 is 24.0 Å². The molecule has 0 amide bonds. The molecule has 0 aromatic heterocycles. The Balaban J connectivity index is 1.83. The summed E-state index contributed by atoms with van der Waals surface area (Å²) in [6, 6.07) is 19.3. The third-order valence-electron chi connectivity index (χ3n) is 3.35. The van der Waals surface area contributed by atoms with Crippen LogP contribution in [-0.2, 0) is 5.75 Å². The van der Waals surface area contributed by atoms with E-state index in [1.54, 1.807) is 0 Å². The summed E-state index contributed by atoms with van der Waals surface area (Å²) in [6.45, 7) is 4.26. The standard InChI is InChI=1S/C18H22N2S2/c1-3-14(2)19-18(21)20-16-11-9-15(10-12-16)13-22-17-7-5-4-6-8-17/h4-12,14H,3,13H2,1-2H3,(H2,19,20,21). The number of hydrogen-bond acceptors (Lipinski definition) is 2. The largest absolute Gasteiger partial charge is 0.360 e. The van der Waals surface area contributed by atoms with Gasteiger partial charge < -0.3 is 10.6 Å². The Morgan fingerprint density at radius 1 is 1.09 bits per heavy atom. The Labute approximate surface area is 142 Å². The summed E-state index contributed by atoms with van der Waals surface area (Å²) in [5.74, 6) is 0.972. The molecule has 2 nitrogen and oxygen atoms in total. The minimum Gasteiger partial charge on any atom is -0.360 e. The molecule has 4 heteroatoms. The lowest BCUT2D eigenvalue weighted by atomic mass is 10.2. The van der Waals surface area contributed by atoms with Gasteiger partial charge in [0.2, 0.25) is 0 Å². The third kappa shape index (κ3) is 5.70. The van der Waals surface area contributed by atoms with Crippen molar-refractivity contribution in [2.45, 2.75) is 37.0 Å². The summed E-state index contributed by atoms with van der Waals surface area (Å²) in [5, 5.41) is 7.16. The molecule has 0 saturated carbocycles. The quantitative estimate of drug-likeness (QED) is 0.571. The van der Waals surface area contributed by atoms with Gasteiger partial charge in [0.15, 0.2) is 5.11 Å². The lowest BCUT2D eigenvalue weighted by Gasteiger charge is -2.15. The van der Waals surface area contributed by atoms with Gasteiger partial charge in [-0.05, 0) is 55.4 Å². The van der Waals surface area contributed by atoms with Gasteiger partial charge in [-0.3, -0.25) is 0 Å². The maximum atomic E-state index is 5.30. The number of nitrogens with one attached hydrogen (secondary N) is 2. The van der Waals surface area contributed by atoms with Gasteiger partial charge >= 0.3 is 0 Å². The van der Waals surface area contributed by atoms with Crippen molar-refractivity contribution in [2.24, 2.45) is 0 Å². The summed E-state index contributed by atoms with van der Waals surface area (Å²) in [7, 11) is 0. The molecule has 0 spiro atoms. The van der Waals surface area contributed by atoms with E-state index in [1.807, 2.05) is 17.8 Å². The van der Waals surface area contributed by atoms with Gasteiger partial charge in [-0.1, -0.05) is 37.3 Å². The molecule has 2 N–H and O–H groups in total. The molecule has 2 aromatic carbocycles. The fourth-order valence-corrected chi connectivity index (χ4v) is 3.06. The average molecular weight is 331 g/mol. The lowest BCUT2D eigenvalue weighted by Crippen LogP contribution is -2.35. The van der Waals surface area contributed by atoms with Crippen LogP contribution in [0.1, 0.15) is 25.8 Å². The highest BCUT2D eigenvalue weighted by atomic mass is 32.2. The minimum absolute atomic E-state index is 0.390. The number of anilines is 1. The summed E-state index contributed by atoms with van der Waals surface area (Å²) in [4.78, 5) is 1.30. The van der Waals surface area contributed by atoms with Crippen molar-refractivity contribution in [1.82, 2.24) is 5.32 Å². The van der Waals surface area contributed by atoms with E-state index in [-0.39, 0.29) is 0 Å². The van der Waals surface area contributed by atoms with Crippen LogP contribution in [0.5, 0.6) is 0 Å². The van der Waals surface area contributed by atoms with Crippen LogP contribution in [0.2, 0.25) is 0 Å². The Morgan fingerprint density at radius 2 is 1.77 bits per heavy atom. The molecular formula is C18H22N2S2. The van der Waals surface area contributed by atoms with Crippen LogP contribution in [0, 0.1) is 0 Å². The second-order valence-corrected chi connectivity index (χ2v) is 6.66. The van der Waals surface area contributed by atoms with Crippen molar-refractivity contribution in [3.05, 3.63) is 60.2 Å². The van der Waals surface area contributed by atoms with Gasteiger partial charge in [0.05, 0.1) is 0 Å². The first-order chi connectivity index (χ1) is 10.7. The highest BCUT2D eigenvalue weighted by Crippen LogP contribution is 2.23. The van der Waals surface area contributed by atoms with E-state index in [1.165, 1.54) is 10.5 Å². The second kappa shape index (κ2) is 8.81. The smallest absolute Gasteiger partial charge is 0.170 e. The van der Waals surface area contributed by atoms with E-state index in [0.29, 0.717) is 11.2 Å². The molecule has 1 unspecified atom stereocenters. The minimum atomic E-state index is 0.390. The van der Waals surface area contributed by atoms with Gasteiger partial charge in [0, 0.05) is 22.4 Å². The molecule has 2 aromatic rings. The molecule has 0 aliphatic rings. The van der Waals surface area contributed by atoms with E-state index < -0.39 is 0 Å². The van der Waals surface area contributed by atoms with E-state index >= 15 is 0 Å². The molecule has 22 heavy (non-hydrogen) atoms. The monoisotopic (exact) mass is 330 g/mol. The second-order valence-electron chi connectivity index (χ2n) is 5.21. The van der Waals surface area contributed by atoms with Crippen molar-refractivity contribution < 1.29 is 0 Å². The van der Waals surface area contributed by atoms with Crippen LogP contribution in [0.25, 0.3) is 0 Å². The molecule has 0 heterocycles. The fourth-order valence-electron chi connectivity index (χ4n) is 1.86. The SMILES string of the molecule is CCC(C)NC(=S)Nc1ccc(CSc2ccccc2)cc1. The molecule has 0 aliphatic carbocycles. The zero-order valence-corrected chi connectivity index (χ0v) is 14.6. The first-order valence-electron chi connectivity index (χ1n) is 7.51. The summed E-state index contributed by atoms with van der Waals surface area (Å²) >= 11 is 7.15. The first kappa shape index (κ1) is 16.8. The van der Waals surface area contributed by atoms with Gasteiger partial charge in [-0.15, -0.1) is 11.8 Å². The van der Waals surface area contributed by atoms with Crippen LogP contribution in [0.4, 0.5) is 5.69 Å². The van der Waals surface area contributed by atoms with E-state index in [0.717, 1.165) is 17.9 Å². The zero-order valence-electron chi connectivity index (χ0n) is 13.0. The Kier molecular flexibility index (Phi) is 6.74. The van der Waals surface area contributed by atoms with Crippen LogP contribution in [0.3, 0.4) is 0 Å². The van der Waals surface area contributed by atoms with Gasteiger partial charge in [0.1, 0.15) is 0 Å². The van der Waals surface area contributed by atoms with Crippen molar-refractivity contribution in [3.8, 4) is 0 Å². The van der Waals surface area contributed by atoms with Crippen LogP contribution in [-0.4, -0.2) is 11.2 Å². The number of thiocarbonyl (C=S) groups is 1. The molecule has 1 atom stereocenters. The molecule has 0 saturated heterocycles. The molecule has 0 bridgehead atoms. The van der Waals surface area contributed by atoms with Crippen molar-refractivity contribution in [1.29, 1.82) is 0 Å². The zero-order chi connectivity index (χ0) is 15.8. The van der Waals surface area contributed by atoms with Crippen LogP contribution in [0.15, 0.2) is 59.5 Å².